The smallest absolute Gasteiger partial charge is 0.234 e. The van der Waals surface area contributed by atoms with Gasteiger partial charge in [0.15, 0.2) is 5.16 Å². The molecule has 32 heavy (non-hydrogen) atoms. The number of aromatic nitrogens is 3. The van der Waals surface area contributed by atoms with Gasteiger partial charge in [-0.05, 0) is 73.8 Å². The summed E-state index contributed by atoms with van der Waals surface area (Å²) in [4.78, 5) is 12.5. The third-order valence-electron chi connectivity index (χ3n) is 7.36. The molecule has 0 radical (unpaired) electrons. The maximum atomic E-state index is 12.5. The molecule has 1 aromatic heterocycles. The van der Waals surface area contributed by atoms with Crippen LogP contribution in [0.2, 0.25) is 10.0 Å². The second-order valence-electron chi connectivity index (χ2n) is 9.83. The number of nitrogens with one attached hydrogen (secondary N) is 1. The molecule has 4 saturated carbocycles. The third kappa shape index (κ3) is 4.46. The maximum absolute atomic E-state index is 12.5. The van der Waals surface area contributed by atoms with Gasteiger partial charge in [-0.15, -0.1) is 16.8 Å². The van der Waals surface area contributed by atoms with Crippen molar-refractivity contribution in [3.8, 4) is 0 Å². The second-order valence-corrected chi connectivity index (χ2v) is 11.6. The summed E-state index contributed by atoms with van der Waals surface area (Å²) >= 11 is 13.6. The Balaban J connectivity index is 1.27. The number of benzene rings is 1. The van der Waals surface area contributed by atoms with Gasteiger partial charge >= 0.3 is 0 Å². The predicted octanol–water partition coefficient (Wildman–Crippen LogP) is 6.26. The number of rotatable bonds is 8. The normalized spacial score (nSPS) is 28.1. The molecule has 4 bridgehead atoms. The van der Waals surface area contributed by atoms with Gasteiger partial charge in [0.05, 0.1) is 21.5 Å². The summed E-state index contributed by atoms with van der Waals surface area (Å²) in [5, 5.41) is 13.4. The summed E-state index contributed by atoms with van der Waals surface area (Å²) in [5.41, 5.74) is 0.906. The van der Waals surface area contributed by atoms with E-state index in [4.69, 9.17) is 23.2 Å². The Bertz CT molecular complexity index is 1000. The van der Waals surface area contributed by atoms with Gasteiger partial charge < -0.3 is 9.88 Å². The maximum Gasteiger partial charge on any atom is 0.234 e. The first-order valence-corrected chi connectivity index (χ1v) is 13.1. The number of carbonyl (C=O) groups is 1. The Morgan fingerprint density at radius 1 is 1.19 bits per heavy atom. The van der Waals surface area contributed by atoms with Crippen LogP contribution in [0.3, 0.4) is 0 Å². The van der Waals surface area contributed by atoms with Crippen LogP contribution < -0.4 is 5.32 Å². The molecule has 4 aliphatic carbocycles. The molecule has 0 saturated heterocycles. The first kappa shape index (κ1) is 22.3. The van der Waals surface area contributed by atoms with Crippen molar-refractivity contribution in [1.82, 2.24) is 14.8 Å². The minimum absolute atomic E-state index is 0.157. The molecule has 8 heteroatoms. The number of halogens is 2. The average Bonchev–Trinajstić information content (AvgIpc) is 3.10. The van der Waals surface area contributed by atoms with Crippen molar-refractivity contribution in [2.24, 2.45) is 23.2 Å². The van der Waals surface area contributed by atoms with E-state index >= 15 is 0 Å². The van der Waals surface area contributed by atoms with Crippen molar-refractivity contribution >= 4 is 46.6 Å². The van der Waals surface area contributed by atoms with Crippen LogP contribution >= 0.6 is 35.0 Å². The number of nitrogens with zero attached hydrogens (tertiary/aromatic N) is 3. The summed E-state index contributed by atoms with van der Waals surface area (Å²) in [7, 11) is 0. The van der Waals surface area contributed by atoms with Crippen LogP contribution in [-0.4, -0.2) is 26.4 Å². The van der Waals surface area contributed by atoms with Crippen LogP contribution in [0.4, 0.5) is 5.69 Å². The van der Waals surface area contributed by atoms with E-state index in [-0.39, 0.29) is 11.7 Å². The van der Waals surface area contributed by atoms with Crippen LogP contribution in [0.25, 0.3) is 0 Å². The molecule has 0 unspecified atom stereocenters. The number of hydrogen-bond donors (Lipinski definition) is 1. The van der Waals surface area contributed by atoms with Crippen molar-refractivity contribution in [3.05, 3.63) is 46.7 Å². The minimum Gasteiger partial charge on any atom is -0.324 e. The molecular weight excluding hydrogens is 463 g/mol. The highest BCUT2D eigenvalue weighted by atomic mass is 35.5. The zero-order chi connectivity index (χ0) is 22.3. The first-order valence-electron chi connectivity index (χ1n) is 11.3. The van der Waals surface area contributed by atoms with E-state index in [0.717, 1.165) is 35.2 Å². The molecule has 1 aromatic carbocycles. The topological polar surface area (TPSA) is 59.8 Å². The van der Waals surface area contributed by atoms with E-state index in [0.29, 0.717) is 27.7 Å². The SMILES string of the molecule is C=CCn1c(CC23CC4CC(CC(C4)C2)C3)nnc1SCC(=O)Nc1cccc(Cl)c1Cl. The van der Waals surface area contributed by atoms with E-state index in [1.165, 1.54) is 50.3 Å². The summed E-state index contributed by atoms with van der Waals surface area (Å²) in [6, 6.07) is 5.19. The largest absolute Gasteiger partial charge is 0.324 e. The van der Waals surface area contributed by atoms with Crippen molar-refractivity contribution in [1.29, 1.82) is 0 Å². The molecule has 1 N–H and O–H groups in total. The van der Waals surface area contributed by atoms with Crippen molar-refractivity contribution < 1.29 is 4.79 Å². The van der Waals surface area contributed by atoms with Crippen LogP contribution in [-0.2, 0) is 17.8 Å². The highest BCUT2D eigenvalue weighted by Crippen LogP contribution is 2.61. The second kappa shape index (κ2) is 9.03. The quantitative estimate of drug-likeness (QED) is 0.350. The van der Waals surface area contributed by atoms with Crippen LogP contribution in [0.5, 0.6) is 0 Å². The molecule has 6 rings (SSSR count). The van der Waals surface area contributed by atoms with Gasteiger partial charge in [0.1, 0.15) is 5.82 Å². The number of amides is 1. The third-order valence-corrected chi connectivity index (χ3v) is 9.15. The van der Waals surface area contributed by atoms with Gasteiger partial charge in [-0.1, -0.05) is 47.1 Å². The van der Waals surface area contributed by atoms with Crippen LogP contribution in [0.1, 0.15) is 44.3 Å². The summed E-state index contributed by atoms with van der Waals surface area (Å²) in [6.45, 7) is 4.57. The highest BCUT2D eigenvalue weighted by molar-refractivity contribution is 7.99. The van der Waals surface area contributed by atoms with E-state index in [2.05, 4.69) is 26.7 Å². The summed E-state index contributed by atoms with van der Waals surface area (Å²) in [5.74, 6) is 3.83. The average molecular weight is 491 g/mol. The Labute approximate surface area is 203 Å². The van der Waals surface area contributed by atoms with Crippen molar-refractivity contribution in [3.63, 3.8) is 0 Å². The molecular formula is C24H28Cl2N4OS. The lowest BCUT2D eigenvalue weighted by Crippen LogP contribution is -2.47. The van der Waals surface area contributed by atoms with Crippen LogP contribution in [0, 0.1) is 23.2 Å². The molecule has 1 heterocycles. The lowest BCUT2D eigenvalue weighted by atomic mass is 9.49. The Hall–Kier alpha value is -1.50. The monoisotopic (exact) mass is 490 g/mol. The van der Waals surface area contributed by atoms with E-state index in [1.807, 2.05) is 6.08 Å². The van der Waals surface area contributed by atoms with E-state index in [9.17, 15) is 4.79 Å². The number of anilines is 1. The van der Waals surface area contributed by atoms with Crippen molar-refractivity contribution in [2.45, 2.75) is 56.6 Å². The molecule has 4 fully saturated rings. The molecule has 5 nitrogen and oxygen atoms in total. The Morgan fingerprint density at radius 3 is 2.53 bits per heavy atom. The Kier molecular flexibility index (Phi) is 6.30. The Morgan fingerprint density at radius 2 is 1.88 bits per heavy atom. The van der Waals surface area contributed by atoms with Gasteiger partial charge in [0, 0.05) is 13.0 Å². The number of carbonyl (C=O) groups excluding carboxylic acids is 1. The van der Waals surface area contributed by atoms with Gasteiger partial charge in [-0.25, -0.2) is 0 Å². The molecule has 4 aliphatic rings. The number of allylic oxidation sites excluding steroid dienone is 1. The summed E-state index contributed by atoms with van der Waals surface area (Å²) in [6.07, 6.45) is 11.2. The lowest BCUT2D eigenvalue weighted by Gasteiger charge is -2.56. The van der Waals surface area contributed by atoms with Gasteiger partial charge in [0.25, 0.3) is 0 Å². The van der Waals surface area contributed by atoms with Crippen molar-refractivity contribution in [2.75, 3.05) is 11.1 Å². The standard InChI is InChI=1S/C24H28Cl2N4OS/c1-2-6-30-20(13-24-10-15-7-16(11-24)9-17(8-15)12-24)28-29-23(30)32-14-21(31)27-19-5-3-4-18(25)22(19)26/h2-5,15-17H,1,6-14H2,(H,27,31). The van der Waals surface area contributed by atoms with Crippen LogP contribution in [0.15, 0.2) is 36.0 Å². The molecule has 2 aromatic rings. The van der Waals surface area contributed by atoms with Gasteiger partial charge in [-0.2, -0.15) is 0 Å². The zero-order valence-corrected chi connectivity index (χ0v) is 20.4. The zero-order valence-electron chi connectivity index (χ0n) is 18.0. The highest BCUT2D eigenvalue weighted by Gasteiger charge is 2.51. The number of hydrogen-bond acceptors (Lipinski definition) is 4. The minimum atomic E-state index is -0.157. The molecule has 1 amide bonds. The van der Waals surface area contributed by atoms with Gasteiger partial charge in [0.2, 0.25) is 5.91 Å². The fourth-order valence-electron chi connectivity index (χ4n) is 6.63. The molecule has 170 valence electrons. The fraction of sp³-hybridized carbons (Fsp3) is 0.542. The molecule has 0 atom stereocenters. The molecule has 0 aliphatic heterocycles. The van der Waals surface area contributed by atoms with E-state index < -0.39 is 0 Å². The predicted molar refractivity (Wildman–Crippen MR) is 130 cm³/mol. The first-order chi connectivity index (χ1) is 15.4. The van der Waals surface area contributed by atoms with Gasteiger partial charge in [-0.3, -0.25) is 4.79 Å². The fourth-order valence-corrected chi connectivity index (χ4v) is 7.74. The summed E-state index contributed by atoms with van der Waals surface area (Å²) < 4.78 is 2.13. The molecule has 0 spiro atoms. The number of thioether (sulfide) groups is 1. The van der Waals surface area contributed by atoms with E-state index in [1.54, 1.807) is 18.2 Å². The lowest BCUT2D eigenvalue weighted by molar-refractivity contribution is -0.113.